The Hall–Kier alpha value is -1.75. The van der Waals surface area contributed by atoms with Crippen molar-refractivity contribution in [2.75, 3.05) is 0 Å². The average molecular weight is 199 g/mol. The number of hydrogen-bond donors (Lipinski definition) is 1. The van der Waals surface area contributed by atoms with Crippen LogP contribution in [0, 0.1) is 19.3 Å². The molecule has 2 nitrogen and oxygen atoms in total. The van der Waals surface area contributed by atoms with Gasteiger partial charge in [0.1, 0.15) is 0 Å². The van der Waals surface area contributed by atoms with Crippen LogP contribution in [0.1, 0.15) is 34.3 Å². The summed E-state index contributed by atoms with van der Waals surface area (Å²) in [5, 5.41) is 2.94. The second-order valence-electron chi connectivity index (χ2n) is 3.98. The lowest BCUT2D eigenvalue weighted by Gasteiger charge is -2.05. The van der Waals surface area contributed by atoms with Crippen molar-refractivity contribution in [1.82, 2.24) is 5.32 Å². The van der Waals surface area contributed by atoms with Gasteiger partial charge in [0.05, 0.1) is 0 Å². The van der Waals surface area contributed by atoms with Gasteiger partial charge in [-0.15, -0.1) is 6.42 Å². The van der Waals surface area contributed by atoms with Gasteiger partial charge in [-0.2, -0.15) is 0 Å². The molecule has 1 aliphatic rings. The number of nitrogens with one attached hydrogen (secondary N) is 1. The highest BCUT2D eigenvalue weighted by molar-refractivity contribution is 5.95. The van der Waals surface area contributed by atoms with Crippen LogP contribution in [0.3, 0.4) is 0 Å². The minimum Gasteiger partial charge on any atom is -0.349 e. The molecule has 0 unspecified atom stereocenters. The summed E-state index contributed by atoms with van der Waals surface area (Å²) < 4.78 is 0. The topological polar surface area (TPSA) is 29.1 Å². The Morgan fingerprint density at radius 3 is 2.80 bits per heavy atom. The summed E-state index contributed by atoms with van der Waals surface area (Å²) in [6, 6.07) is 5.89. The van der Waals surface area contributed by atoms with Crippen molar-refractivity contribution in [1.29, 1.82) is 0 Å². The minimum atomic E-state index is -0.0160. The molecule has 0 aliphatic heterocycles. The molecule has 1 aliphatic carbocycles. The Labute approximate surface area is 89.7 Å². The molecule has 0 bridgehead atoms. The van der Waals surface area contributed by atoms with E-state index in [2.05, 4.69) is 11.2 Å². The normalized spacial score (nSPS) is 14.4. The molecular formula is C13H13NO. The molecule has 2 rings (SSSR count). The highest BCUT2D eigenvalue weighted by Crippen LogP contribution is 2.19. The van der Waals surface area contributed by atoms with E-state index in [4.69, 9.17) is 6.42 Å². The summed E-state index contributed by atoms with van der Waals surface area (Å²) in [6.45, 7) is 1.94. The maximum atomic E-state index is 11.7. The standard InChI is InChI=1S/C13H13NO/c1-3-10-6-9(2)7-11(8-10)13(15)14-12-4-5-12/h1,6-8,12H,4-5H2,2H3,(H,14,15). The van der Waals surface area contributed by atoms with E-state index >= 15 is 0 Å². The Morgan fingerprint density at radius 1 is 1.47 bits per heavy atom. The van der Waals surface area contributed by atoms with Gasteiger partial charge in [0.25, 0.3) is 5.91 Å². The first kappa shape index (κ1) is 9.79. The van der Waals surface area contributed by atoms with E-state index in [0.717, 1.165) is 24.0 Å². The van der Waals surface area contributed by atoms with Gasteiger partial charge in [-0.3, -0.25) is 4.79 Å². The van der Waals surface area contributed by atoms with Gasteiger partial charge in [0.15, 0.2) is 0 Å². The molecule has 1 aromatic carbocycles. The number of carbonyl (C=O) groups excluding carboxylic acids is 1. The maximum absolute atomic E-state index is 11.7. The van der Waals surface area contributed by atoms with Crippen LogP contribution in [0.15, 0.2) is 18.2 Å². The zero-order chi connectivity index (χ0) is 10.8. The molecule has 0 atom stereocenters. The van der Waals surface area contributed by atoms with Crippen molar-refractivity contribution < 1.29 is 4.79 Å². The second-order valence-corrected chi connectivity index (χ2v) is 3.98. The van der Waals surface area contributed by atoms with Crippen LogP contribution in [-0.2, 0) is 0 Å². The summed E-state index contributed by atoms with van der Waals surface area (Å²) in [5.41, 5.74) is 2.44. The van der Waals surface area contributed by atoms with Gasteiger partial charge in [0, 0.05) is 17.2 Å². The molecule has 0 spiro atoms. The number of carbonyl (C=O) groups is 1. The fourth-order valence-corrected chi connectivity index (χ4v) is 1.49. The smallest absolute Gasteiger partial charge is 0.251 e. The fraction of sp³-hybridized carbons (Fsp3) is 0.308. The first-order valence-corrected chi connectivity index (χ1v) is 5.08. The van der Waals surface area contributed by atoms with Crippen molar-refractivity contribution in [3.63, 3.8) is 0 Å². The van der Waals surface area contributed by atoms with Gasteiger partial charge < -0.3 is 5.32 Å². The van der Waals surface area contributed by atoms with E-state index in [1.54, 1.807) is 6.07 Å². The third-order valence-corrected chi connectivity index (χ3v) is 2.42. The van der Waals surface area contributed by atoms with Gasteiger partial charge in [0.2, 0.25) is 0 Å². The molecule has 1 N–H and O–H groups in total. The highest BCUT2D eigenvalue weighted by Gasteiger charge is 2.23. The SMILES string of the molecule is C#Cc1cc(C)cc(C(=O)NC2CC2)c1. The fourth-order valence-electron chi connectivity index (χ4n) is 1.49. The van der Waals surface area contributed by atoms with E-state index in [0.29, 0.717) is 11.6 Å². The number of amides is 1. The minimum absolute atomic E-state index is 0.0160. The second kappa shape index (κ2) is 3.78. The zero-order valence-electron chi connectivity index (χ0n) is 8.71. The Bertz CT molecular complexity index is 438. The van der Waals surface area contributed by atoms with E-state index in [9.17, 15) is 4.79 Å². The summed E-state index contributed by atoms with van der Waals surface area (Å²) in [6.07, 6.45) is 7.51. The van der Waals surface area contributed by atoms with E-state index in [-0.39, 0.29) is 5.91 Å². The molecule has 15 heavy (non-hydrogen) atoms. The highest BCUT2D eigenvalue weighted by atomic mass is 16.1. The average Bonchev–Trinajstić information content (AvgIpc) is 3.00. The van der Waals surface area contributed by atoms with Crippen LogP contribution >= 0.6 is 0 Å². The van der Waals surface area contributed by atoms with Gasteiger partial charge >= 0.3 is 0 Å². The zero-order valence-corrected chi connectivity index (χ0v) is 8.71. The monoisotopic (exact) mass is 199 g/mol. The van der Waals surface area contributed by atoms with Crippen LogP contribution in [0.25, 0.3) is 0 Å². The Kier molecular flexibility index (Phi) is 2.47. The van der Waals surface area contributed by atoms with Crippen molar-refractivity contribution in [2.24, 2.45) is 0 Å². The molecule has 1 amide bonds. The Balaban J connectivity index is 2.22. The van der Waals surface area contributed by atoms with E-state index in [1.807, 2.05) is 19.1 Å². The quantitative estimate of drug-likeness (QED) is 0.724. The van der Waals surface area contributed by atoms with Gasteiger partial charge in [-0.05, 0) is 43.5 Å². The summed E-state index contributed by atoms with van der Waals surface area (Å²) in [5.74, 6) is 2.54. The lowest BCUT2D eigenvalue weighted by Crippen LogP contribution is -2.25. The molecule has 0 saturated heterocycles. The molecule has 0 heterocycles. The molecule has 76 valence electrons. The summed E-state index contributed by atoms with van der Waals surface area (Å²) >= 11 is 0. The number of terminal acetylenes is 1. The first-order chi connectivity index (χ1) is 7.19. The molecule has 1 fully saturated rings. The number of hydrogen-bond acceptors (Lipinski definition) is 1. The van der Waals surface area contributed by atoms with Crippen molar-refractivity contribution >= 4 is 5.91 Å². The lowest BCUT2D eigenvalue weighted by molar-refractivity contribution is 0.0951. The number of rotatable bonds is 2. The molecule has 2 heteroatoms. The van der Waals surface area contributed by atoms with Crippen molar-refractivity contribution in [3.8, 4) is 12.3 Å². The molecular weight excluding hydrogens is 186 g/mol. The molecule has 1 aromatic rings. The van der Waals surface area contributed by atoms with Crippen LogP contribution in [0.5, 0.6) is 0 Å². The van der Waals surface area contributed by atoms with Crippen LogP contribution in [0.2, 0.25) is 0 Å². The lowest BCUT2D eigenvalue weighted by atomic mass is 10.1. The van der Waals surface area contributed by atoms with Crippen LogP contribution in [0.4, 0.5) is 0 Å². The van der Waals surface area contributed by atoms with Gasteiger partial charge in [-0.25, -0.2) is 0 Å². The van der Waals surface area contributed by atoms with Crippen molar-refractivity contribution in [2.45, 2.75) is 25.8 Å². The predicted octanol–water partition coefficient (Wildman–Crippen LogP) is 1.87. The maximum Gasteiger partial charge on any atom is 0.251 e. The summed E-state index contributed by atoms with van der Waals surface area (Å²) in [7, 11) is 0. The third kappa shape index (κ3) is 2.38. The summed E-state index contributed by atoms with van der Waals surface area (Å²) in [4.78, 5) is 11.7. The van der Waals surface area contributed by atoms with E-state index < -0.39 is 0 Å². The Morgan fingerprint density at radius 2 is 2.20 bits per heavy atom. The predicted molar refractivity (Wildman–Crippen MR) is 59.6 cm³/mol. The number of benzene rings is 1. The van der Waals surface area contributed by atoms with Crippen molar-refractivity contribution in [3.05, 3.63) is 34.9 Å². The van der Waals surface area contributed by atoms with Crippen LogP contribution < -0.4 is 5.32 Å². The van der Waals surface area contributed by atoms with Gasteiger partial charge in [-0.1, -0.05) is 5.92 Å². The van der Waals surface area contributed by atoms with E-state index in [1.165, 1.54) is 0 Å². The molecule has 1 saturated carbocycles. The molecule has 0 radical (unpaired) electrons. The largest absolute Gasteiger partial charge is 0.349 e. The third-order valence-electron chi connectivity index (χ3n) is 2.42. The first-order valence-electron chi connectivity index (χ1n) is 5.08. The molecule has 0 aromatic heterocycles. The van der Waals surface area contributed by atoms with Crippen LogP contribution in [-0.4, -0.2) is 11.9 Å². The number of aryl methyl sites for hydroxylation is 1.